The third kappa shape index (κ3) is 1.90. The summed E-state index contributed by atoms with van der Waals surface area (Å²) in [5.41, 5.74) is 0.239. The van der Waals surface area contributed by atoms with Crippen LogP contribution in [-0.4, -0.2) is 26.3 Å². The van der Waals surface area contributed by atoms with Crippen molar-refractivity contribution in [2.45, 2.75) is 0 Å². The molecule has 74 valence electrons. The summed E-state index contributed by atoms with van der Waals surface area (Å²) in [5, 5.41) is 0. The van der Waals surface area contributed by atoms with Crippen molar-refractivity contribution in [2.75, 3.05) is 14.2 Å². The SMILES string of the molecule is COc1ccc(C(=O)C=O)c(OC)c1. The molecule has 0 aliphatic rings. The van der Waals surface area contributed by atoms with Gasteiger partial charge in [-0.2, -0.15) is 0 Å². The Morgan fingerprint density at radius 3 is 2.50 bits per heavy atom. The summed E-state index contributed by atoms with van der Waals surface area (Å²) in [4.78, 5) is 21.4. The second-order valence-corrected chi connectivity index (χ2v) is 2.55. The molecule has 0 heterocycles. The number of rotatable bonds is 4. The van der Waals surface area contributed by atoms with Crippen LogP contribution in [0.3, 0.4) is 0 Å². The van der Waals surface area contributed by atoms with E-state index in [0.717, 1.165) is 0 Å². The van der Waals surface area contributed by atoms with Gasteiger partial charge in [0.05, 0.1) is 19.8 Å². The van der Waals surface area contributed by atoms with E-state index in [2.05, 4.69) is 0 Å². The second kappa shape index (κ2) is 4.41. The van der Waals surface area contributed by atoms with E-state index in [1.165, 1.54) is 20.3 Å². The third-order valence-corrected chi connectivity index (χ3v) is 1.78. The first-order chi connectivity index (χ1) is 6.72. The van der Waals surface area contributed by atoms with Crippen molar-refractivity contribution in [3.8, 4) is 11.5 Å². The molecule has 0 saturated heterocycles. The summed E-state index contributed by atoms with van der Waals surface area (Å²) < 4.78 is 9.90. The molecule has 4 nitrogen and oxygen atoms in total. The Labute approximate surface area is 81.4 Å². The Bertz CT molecular complexity index is 357. The molecule has 0 radical (unpaired) electrons. The molecule has 0 fully saturated rings. The number of carbonyl (C=O) groups excluding carboxylic acids is 2. The van der Waals surface area contributed by atoms with Gasteiger partial charge >= 0.3 is 0 Å². The maximum atomic E-state index is 11.1. The van der Waals surface area contributed by atoms with Gasteiger partial charge in [-0.1, -0.05) is 0 Å². The van der Waals surface area contributed by atoms with Crippen molar-refractivity contribution in [2.24, 2.45) is 0 Å². The van der Waals surface area contributed by atoms with Crippen molar-refractivity contribution >= 4 is 12.1 Å². The number of hydrogen-bond donors (Lipinski definition) is 0. The summed E-state index contributed by atoms with van der Waals surface area (Å²) in [6.07, 6.45) is 0.254. The lowest BCUT2D eigenvalue weighted by Crippen LogP contribution is -2.03. The molecule has 0 aromatic heterocycles. The number of ether oxygens (including phenoxy) is 2. The molecule has 0 amide bonds. The molecule has 0 spiro atoms. The van der Waals surface area contributed by atoms with E-state index in [1.54, 1.807) is 12.1 Å². The smallest absolute Gasteiger partial charge is 0.229 e. The summed E-state index contributed by atoms with van der Waals surface area (Å²) >= 11 is 0. The molecule has 1 aromatic carbocycles. The molecular weight excluding hydrogens is 184 g/mol. The highest BCUT2D eigenvalue weighted by Gasteiger charge is 2.11. The van der Waals surface area contributed by atoms with Gasteiger partial charge in [0.25, 0.3) is 0 Å². The van der Waals surface area contributed by atoms with Crippen LogP contribution in [0.2, 0.25) is 0 Å². The molecule has 0 atom stereocenters. The summed E-state index contributed by atoms with van der Waals surface area (Å²) in [6.45, 7) is 0. The van der Waals surface area contributed by atoms with Crippen LogP contribution in [0.5, 0.6) is 11.5 Å². The average Bonchev–Trinajstić information content (AvgIpc) is 2.27. The van der Waals surface area contributed by atoms with Crippen molar-refractivity contribution in [1.82, 2.24) is 0 Å². The Morgan fingerprint density at radius 1 is 1.29 bits per heavy atom. The average molecular weight is 194 g/mol. The minimum absolute atomic E-state index is 0.239. The molecular formula is C10H10O4. The molecule has 4 heteroatoms. The minimum Gasteiger partial charge on any atom is -0.497 e. The number of benzene rings is 1. The van der Waals surface area contributed by atoms with Gasteiger partial charge in [0.15, 0.2) is 6.29 Å². The topological polar surface area (TPSA) is 52.6 Å². The third-order valence-electron chi connectivity index (χ3n) is 1.78. The number of aldehydes is 1. The zero-order chi connectivity index (χ0) is 10.6. The molecule has 0 aliphatic carbocycles. The van der Waals surface area contributed by atoms with Crippen LogP contribution in [0, 0.1) is 0 Å². The van der Waals surface area contributed by atoms with Crippen molar-refractivity contribution in [3.63, 3.8) is 0 Å². The molecule has 0 unspecified atom stereocenters. The fourth-order valence-electron chi connectivity index (χ4n) is 1.07. The van der Waals surface area contributed by atoms with Crippen LogP contribution in [-0.2, 0) is 4.79 Å². The van der Waals surface area contributed by atoms with Gasteiger partial charge in [-0.3, -0.25) is 9.59 Å². The lowest BCUT2D eigenvalue weighted by molar-refractivity contribution is -0.104. The standard InChI is InChI=1S/C10H10O4/c1-13-7-3-4-8(9(12)6-11)10(5-7)14-2/h3-6H,1-2H3. The van der Waals surface area contributed by atoms with E-state index in [-0.39, 0.29) is 11.8 Å². The Morgan fingerprint density at radius 2 is 2.00 bits per heavy atom. The molecule has 0 bridgehead atoms. The summed E-state index contributed by atoms with van der Waals surface area (Å²) in [7, 11) is 2.94. The van der Waals surface area contributed by atoms with E-state index in [9.17, 15) is 9.59 Å². The number of Topliss-reactive ketones (excluding diaryl/α,β-unsaturated/α-hetero) is 1. The lowest BCUT2D eigenvalue weighted by atomic mass is 10.1. The van der Waals surface area contributed by atoms with Gasteiger partial charge in [-0.05, 0) is 12.1 Å². The Hall–Kier alpha value is -1.84. The van der Waals surface area contributed by atoms with Gasteiger partial charge < -0.3 is 9.47 Å². The van der Waals surface area contributed by atoms with Crippen molar-refractivity contribution < 1.29 is 19.1 Å². The van der Waals surface area contributed by atoms with Crippen molar-refractivity contribution in [1.29, 1.82) is 0 Å². The minimum atomic E-state index is -0.607. The van der Waals surface area contributed by atoms with Crippen LogP contribution in [0.15, 0.2) is 18.2 Å². The zero-order valence-electron chi connectivity index (χ0n) is 7.94. The maximum Gasteiger partial charge on any atom is 0.229 e. The second-order valence-electron chi connectivity index (χ2n) is 2.55. The van der Waals surface area contributed by atoms with Gasteiger partial charge in [-0.15, -0.1) is 0 Å². The van der Waals surface area contributed by atoms with Crippen molar-refractivity contribution in [3.05, 3.63) is 23.8 Å². The highest BCUT2D eigenvalue weighted by Crippen LogP contribution is 2.24. The highest BCUT2D eigenvalue weighted by atomic mass is 16.5. The van der Waals surface area contributed by atoms with Gasteiger partial charge in [0, 0.05) is 6.07 Å². The maximum absolute atomic E-state index is 11.1. The van der Waals surface area contributed by atoms with E-state index in [1.807, 2.05) is 0 Å². The molecule has 1 aromatic rings. The predicted octanol–water partition coefficient (Wildman–Crippen LogP) is 1.09. The van der Waals surface area contributed by atoms with Crippen LogP contribution < -0.4 is 9.47 Å². The molecule has 0 N–H and O–H groups in total. The number of carbonyl (C=O) groups is 2. The fourth-order valence-corrected chi connectivity index (χ4v) is 1.07. The number of ketones is 1. The first-order valence-electron chi connectivity index (χ1n) is 3.94. The highest BCUT2D eigenvalue weighted by molar-refractivity contribution is 6.34. The van der Waals surface area contributed by atoms with Gasteiger partial charge in [0.1, 0.15) is 11.5 Å². The van der Waals surface area contributed by atoms with Crippen LogP contribution in [0.25, 0.3) is 0 Å². The Kier molecular flexibility index (Phi) is 3.23. The largest absolute Gasteiger partial charge is 0.497 e. The number of hydrogen-bond acceptors (Lipinski definition) is 4. The zero-order valence-corrected chi connectivity index (χ0v) is 7.94. The Balaban J connectivity index is 3.17. The first kappa shape index (κ1) is 10.2. The van der Waals surface area contributed by atoms with E-state index >= 15 is 0 Å². The molecule has 14 heavy (non-hydrogen) atoms. The molecule has 0 aliphatic heterocycles. The molecule has 1 rings (SSSR count). The monoisotopic (exact) mass is 194 g/mol. The van der Waals surface area contributed by atoms with Gasteiger partial charge in [0.2, 0.25) is 5.78 Å². The summed E-state index contributed by atoms with van der Waals surface area (Å²) in [5.74, 6) is 0.301. The number of methoxy groups -OCH3 is 2. The predicted molar refractivity (Wildman–Crippen MR) is 49.9 cm³/mol. The van der Waals surface area contributed by atoms with Crippen LogP contribution >= 0.6 is 0 Å². The molecule has 0 saturated carbocycles. The first-order valence-corrected chi connectivity index (χ1v) is 3.94. The van der Waals surface area contributed by atoms with Crippen LogP contribution in [0.1, 0.15) is 10.4 Å². The fraction of sp³-hybridized carbons (Fsp3) is 0.200. The lowest BCUT2D eigenvalue weighted by Gasteiger charge is -2.06. The van der Waals surface area contributed by atoms with E-state index in [0.29, 0.717) is 11.5 Å². The summed E-state index contributed by atoms with van der Waals surface area (Å²) in [6, 6.07) is 4.64. The quantitative estimate of drug-likeness (QED) is 0.409. The van der Waals surface area contributed by atoms with E-state index in [4.69, 9.17) is 9.47 Å². The van der Waals surface area contributed by atoms with E-state index < -0.39 is 5.78 Å². The van der Waals surface area contributed by atoms with Crippen LogP contribution in [0.4, 0.5) is 0 Å². The normalized spacial score (nSPS) is 9.29. The van der Waals surface area contributed by atoms with Gasteiger partial charge in [-0.25, -0.2) is 0 Å².